The first kappa shape index (κ1) is 11.9. The standard InChI is InChI=1S/C15H18O2/c1-3-4-7-11(2)15-10-13(16)12-8-5-6-9-14(12)17-15/h5-6,8-11H,3-4,7H2,1-2H3. The molecule has 1 atom stereocenters. The largest absolute Gasteiger partial charge is 0.461 e. The maximum absolute atomic E-state index is 11.9. The summed E-state index contributed by atoms with van der Waals surface area (Å²) in [5.41, 5.74) is 0.753. The average Bonchev–Trinajstić information content (AvgIpc) is 2.36. The molecule has 1 aromatic carbocycles. The normalized spacial score (nSPS) is 12.8. The Hall–Kier alpha value is -1.57. The van der Waals surface area contributed by atoms with E-state index in [-0.39, 0.29) is 5.43 Å². The van der Waals surface area contributed by atoms with Crippen LogP contribution in [0, 0.1) is 0 Å². The fraction of sp³-hybridized carbons (Fsp3) is 0.400. The van der Waals surface area contributed by atoms with E-state index in [4.69, 9.17) is 4.42 Å². The van der Waals surface area contributed by atoms with E-state index in [0.29, 0.717) is 16.9 Å². The Morgan fingerprint density at radius 2 is 2.06 bits per heavy atom. The number of hydrogen-bond donors (Lipinski definition) is 0. The van der Waals surface area contributed by atoms with Crippen LogP contribution in [0.1, 0.15) is 44.8 Å². The monoisotopic (exact) mass is 230 g/mol. The van der Waals surface area contributed by atoms with Crippen molar-refractivity contribution in [1.29, 1.82) is 0 Å². The highest BCUT2D eigenvalue weighted by molar-refractivity contribution is 5.76. The summed E-state index contributed by atoms with van der Waals surface area (Å²) in [6.07, 6.45) is 3.40. The van der Waals surface area contributed by atoms with E-state index < -0.39 is 0 Å². The third-order valence-corrected chi connectivity index (χ3v) is 3.13. The lowest BCUT2D eigenvalue weighted by Gasteiger charge is -2.10. The topological polar surface area (TPSA) is 30.2 Å². The highest BCUT2D eigenvalue weighted by Crippen LogP contribution is 2.23. The predicted molar refractivity (Wildman–Crippen MR) is 70.4 cm³/mol. The summed E-state index contributed by atoms with van der Waals surface area (Å²) in [7, 11) is 0. The van der Waals surface area contributed by atoms with Gasteiger partial charge in [-0.05, 0) is 18.6 Å². The van der Waals surface area contributed by atoms with Crippen LogP contribution in [0.4, 0.5) is 0 Å². The molecule has 0 amide bonds. The molecule has 0 saturated carbocycles. The molecule has 0 radical (unpaired) electrons. The van der Waals surface area contributed by atoms with Gasteiger partial charge in [0.25, 0.3) is 0 Å². The Balaban J connectivity index is 2.39. The molecule has 1 unspecified atom stereocenters. The van der Waals surface area contributed by atoms with Crippen LogP contribution in [-0.2, 0) is 0 Å². The molecule has 0 aliphatic rings. The van der Waals surface area contributed by atoms with Crippen molar-refractivity contribution in [1.82, 2.24) is 0 Å². The maximum Gasteiger partial charge on any atom is 0.192 e. The second-order valence-corrected chi connectivity index (χ2v) is 4.55. The van der Waals surface area contributed by atoms with E-state index in [1.165, 1.54) is 6.42 Å². The van der Waals surface area contributed by atoms with Crippen molar-refractivity contribution in [3.05, 3.63) is 46.3 Å². The zero-order valence-electron chi connectivity index (χ0n) is 10.4. The van der Waals surface area contributed by atoms with Crippen LogP contribution in [0.15, 0.2) is 39.5 Å². The van der Waals surface area contributed by atoms with Crippen LogP contribution in [0.5, 0.6) is 0 Å². The predicted octanol–water partition coefficient (Wildman–Crippen LogP) is 4.09. The molecule has 2 nitrogen and oxygen atoms in total. The molecule has 0 bridgehead atoms. The Kier molecular flexibility index (Phi) is 3.62. The Morgan fingerprint density at radius 3 is 2.82 bits per heavy atom. The number of rotatable bonds is 4. The SMILES string of the molecule is CCCCC(C)c1cc(=O)c2ccccc2o1. The highest BCUT2D eigenvalue weighted by Gasteiger charge is 2.10. The molecule has 0 spiro atoms. The molecule has 0 N–H and O–H groups in total. The molecule has 0 aliphatic heterocycles. The molecular formula is C15H18O2. The highest BCUT2D eigenvalue weighted by atomic mass is 16.3. The molecule has 0 aliphatic carbocycles. The minimum atomic E-state index is 0.0604. The molecular weight excluding hydrogens is 212 g/mol. The van der Waals surface area contributed by atoms with Gasteiger partial charge in [0.05, 0.1) is 5.39 Å². The summed E-state index contributed by atoms with van der Waals surface area (Å²) in [5.74, 6) is 1.12. The quantitative estimate of drug-likeness (QED) is 0.792. The maximum atomic E-state index is 11.9. The van der Waals surface area contributed by atoms with Gasteiger partial charge in [0.1, 0.15) is 11.3 Å². The van der Waals surface area contributed by atoms with Gasteiger partial charge in [-0.2, -0.15) is 0 Å². The third-order valence-electron chi connectivity index (χ3n) is 3.13. The first-order valence-corrected chi connectivity index (χ1v) is 6.25. The van der Waals surface area contributed by atoms with Crippen molar-refractivity contribution in [2.45, 2.75) is 39.0 Å². The lowest BCUT2D eigenvalue weighted by Crippen LogP contribution is -2.04. The van der Waals surface area contributed by atoms with Crippen LogP contribution >= 0.6 is 0 Å². The smallest absolute Gasteiger partial charge is 0.192 e. The van der Waals surface area contributed by atoms with Crippen molar-refractivity contribution in [3.8, 4) is 0 Å². The summed E-state index contributed by atoms with van der Waals surface area (Å²) < 4.78 is 5.80. The van der Waals surface area contributed by atoms with Gasteiger partial charge in [0.2, 0.25) is 0 Å². The van der Waals surface area contributed by atoms with Crippen molar-refractivity contribution in [2.75, 3.05) is 0 Å². The molecule has 1 aromatic heterocycles. The molecule has 0 saturated heterocycles. The van der Waals surface area contributed by atoms with E-state index in [1.54, 1.807) is 6.07 Å². The van der Waals surface area contributed by atoms with Gasteiger partial charge in [0, 0.05) is 12.0 Å². The van der Waals surface area contributed by atoms with Crippen LogP contribution in [-0.4, -0.2) is 0 Å². The van der Waals surface area contributed by atoms with Crippen molar-refractivity contribution < 1.29 is 4.42 Å². The van der Waals surface area contributed by atoms with Gasteiger partial charge in [-0.1, -0.05) is 38.8 Å². The van der Waals surface area contributed by atoms with Crippen molar-refractivity contribution in [2.24, 2.45) is 0 Å². The second kappa shape index (κ2) is 5.17. The van der Waals surface area contributed by atoms with E-state index in [9.17, 15) is 4.79 Å². The number of hydrogen-bond acceptors (Lipinski definition) is 2. The minimum Gasteiger partial charge on any atom is -0.461 e. The first-order chi connectivity index (χ1) is 8.22. The summed E-state index contributed by atoms with van der Waals surface area (Å²) in [5, 5.41) is 0.666. The first-order valence-electron chi connectivity index (χ1n) is 6.25. The van der Waals surface area contributed by atoms with Crippen LogP contribution in [0.3, 0.4) is 0 Å². The van der Waals surface area contributed by atoms with E-state index in [1.807, 2.05) is 24.3 Å². The van der Waals surface area contributed by atoms with Gasteiger partial charge in [-0.15, -0.1) is 0 Å². The molecule has 2 aromatic rings. The molecule has 90 valence electrons. The van der Waals surface area contributed by atoms with Gasteiger partial charge < -0.3 is 4.42 Å². The summed E-state index contributed by atoms with van der Waals surface area (Å²) in [4.78, 5) is 11.9. The molecule has 0 fully saturated rings. The molecule has 1 heterocycles. The fourth-order valence-electron chi connectivity index (χ4n) is 2.02. The number of para-hydroxylation sites is 1. The summed E-state index contributed by atoms with van der Waals surface area (Å²) in [6.45, 7) is 4.28. The van der Waals surface area contributed by atoms with E-state index >= 15 is 0 Å². The van der Waals surface area contributed by atoms with Gasteiger partial charge in [-0.3, -0.25) is 4.79 Å². The van der Waals surface area contributed by atoms with Gasteiger partial charge in [-0.25, -0.2) is 0 Å². The zero-order valence-corrected chi connectivity index (χ0v) is 10.4. The average molecular weight is 230 g/mol. The molecule has 17 heavy (non-hydrogen) atoms. The lowest BCUT2D eigenvalue weighted by atomic mass is 10.0. The third kappa shape index (κ3) is 2.57. The summed E-state index contributed by atoms with van der Waals surface area (Å²) in [6, 6.07) is 9.06. The number of fused-ring (bicyclic) bond motifs is 1. The van der Waals surface area contributed by atoms with Crippen molar-refractivity contribution in [3.63, 3.8) is 0 Å². The summed E-state index contributed by atoms with van der Waals surface area (Å²) >= 11 is 0. The van der Waals surface area contributed by atoms with Crippen LogP contribution in [0.25, 0.3) is 11.0 Å². The fourth-order valence-corrected chi connectivity index (χ4v) is 2.02. The van der Waals surface area contributed by atoms with Gasteiger partial charge in [0.15, 0.2) is 5.43 Å². The number of benzene rings is 1. The van der Waals surface area contributed by atoms with Crippen LogP contribution in [0.2, 0.25) is 0 Å². The molecule has 2 heteroatoms. The van der Waals surface area contributed by atoms with Gasteiger partial charge >= 0.3 is 0 Å². The second-order valence-electron chi connectivity index (χ2n) is 4.55. The van der Waals surface area contributed by atoms with Crippen molar-refractivity contribution >= 4 is 11.0 Å². The van der Waals surface area contributed by atoms with Crippen LogP contribution < -0.4 is 5.43 Å². The minimum absolute atomic E-state index is 0.0604. The number of unbranched alkanes of at least 4 members (excludes halogenated alkanes) is 1. The Labute approximate surface area is 101 Å². The molecule has 2 rings (SSSR count). The van der Waals surface area contributed by atoms with E-state index in [2.05, 4.69) is 13.8 Å². The lowest BCUT2D eigenvalue weighted by molar-refractivity contribution is 0.469. The van der Waals surface area contributed by atoms with E-state index in [0.717, 1.165) is 18.6 Å². The Bertz CT molecular complexity index is 554. The zero-order chi connectivity index (χ0) is 12.3. The Morgan fingerprint density at radius 1 is 1.29 bits per heavy atom.